The first kappa shape index (κ1) is 13.0. The van der Waals surface area contributed by atoms with Gasteiger partial charge in [0.2, 0.25) is 0 Å². The zero-order valence-corrected chi connectivity index (χ0v) is 12.6. The molecule has 0 radical (unpaired) electrons. The highest BCUT2D eigenvalue weighted by Gasteiger charge is 2.63. The third-order valence-electron chi connectivity index (χ3n) is 7.50. The Morgan fingerprint density at radius 3 is 2.28 bits per heavy atom. The summed E-state index contributed by atoms with van der Waals surface area (Å²) in [6.45, 7) is 9.88. The number of rotatable bonds is 1. The van der Waals surface area contributed by atoms with Crippen LogP contribution in [-0.4, -0.2) is 11.2 Å². The van der Waals surface area contributed by atoms with Gasteiger partial charge in [-0.25, -0.2) is 0 Å². The average molecular weight is 250 g/mol. The molecule has 1 N–H and O–H groups in total. The molecular weight excluding hydrogens is 220 g/mol. The van der Waals surface area contributed by atoms with Crippen molar-refractivity contribution in [3.8, 4) is 0 Å². The van der Waals surface area contributed by atoms with E-state index < -0.39 is 0 Å². The average Bonchev–Trinajstić information content (AvgIpc) is 2.64. The molecule has 3 aliphatic carbocycles. The van der Waals surface area contributed by atoms with Gasteiger partial charge in [-0.05, 0) is 73.0 Å². The molecule has 0 amide bonds. The van der Waals surface area contributed by atoms with Crippen molar-refractivity contribution >= 4 is 0 Å². The quantitative estimate of drug-likeness (QED) is 0.738. The highest BCUT2D eigenvalue weighted by molar-refractivity contribution is 5.12. The zero-order valence-electron chi connectivity index (χ0n) is 12.6. The third kappa shape index (κ3) is 1.55. The van der Waals surface area contributed by atoms with E-state index in [4.69, 9.17) is 0 Å². The minimum atomic E-state index is -0.0156. The van der Waals surface area contributed by atoms with Gasteiger partial charge in [-0.3, -0.25) is 0 Å². The normalized spacial score (nSPS) is 54.8. The lowest BCUT2D eigenvalue weighted by atomic mass is 9.60. The second-order valence-electron chi connectivity index (χ2n) is 8.37. The molecule has 3 unspecified atom stereocenters. The molecule has 2 bridgehead atoms. The molecule has 18 heavy (non-hydrogen) atoms. The maximum absolute atomic E-state index is 10.5. The molecule has 0 heterocycles. The molecule has 0 aliphatic heterocycles. The summed E-state index contributed by atoms with van der Waals surface area (Å²) >= 11 is 0. The maximum Gasteiger partial charge on any atom is 0.0571 e. The first-order chi connectivity index (χ1) is 8.36. The van der Waals surface area contributed by atoms with Crippen LogP contribution in [0.15, 0.2) is 0 Å². The topological polar surface area (TPSA) is 20.2 Å². The van der Waals surface area contributed by atoms with E-state index >= 15 is 0 Å². The fraction of sp³-hybridized carbons (Fsp3) is 1.00. The van der Waals surface area contributed by atoms with Crippen molar-refractivity contribution in [1.29, 1.82) is 0 Å². The summed E-state index contributed by atoms with van der Waals surface area (Å²) in [5.74, 6) is 3.11. The summed E-state index contributed by atoms with van der Waals surface area (Å²) in [5, 5.41) is 10.5. The fourth-order valence-electron chi connectivity index (χ4n) is 5.75. The Bertz CT molecular complexity index is 335. The summed E-state index contributed by atoms with van der Waals surface area (Å²) < 4.78 is 0. The van der Waals surface area contributed by atoms with Crippen molar-refractivity contribution in [3.05, 3.63) is 0 Å². The molecule has 0 saturated heterocycles. The lowest BCUT2D eigenvalue weighted by Gasteiger charge is -2.46. The highest BCUT2D eigenvalue weighted by Crippen LogP contribution is 2.70. The van der Waals surface area contributed by atoms with Gasteiger partial charge in [-0.2, -0.15) is 0 Å². The van der Waals surface area contributed by atoms with Crippen molar-refractivity contribution in [2.75, 3.05) is 0 Å². The van der Waals surface area contributed by atoms with Crippen LogP contribution >= 0.6 is 0 Å². The molecule has 0 spiro atoms. The Kier molecular flexibility index (Phi) is 2.86. The van der Waals surface area contributed by atoms with Gasteiger partial charge >= 0.3 is 0 Å². The first-order valence-corrected chi connectivity index (χ1v) is 8.04. The largest absolute Gasteiger partial charge is 0.393 e. The van der Waals surface area contributed by atoms with E-state index in [-0.39, 0.29) is 6.10 Å². The fourth-order valence-corrected chi connectivity index (χ4v) is 5.75. The van der Waals surface area contributed by atoms with Crippen LogP contribution in [0.1, 0.15) is 66.2 Å². The van der Waals surface area contributed by atoms with Crippen molar-refractivity contribution < 1.29 is 5.11 Å². The van der Waals surface area contributed by atoms with Gasteiger partial charge in [-0.1, -0.05) is 27.7 Å². The van der Waals surface area contributed by atoms with E-state index in [2.05, 4.69) is 27.7 Å². The van der Waals surface area contributed by atoms with Crippen molar-refractivity contribution in [2.24, 2.45) is 34.5 Å². The van der Waals surface area contributed by atoms with Crippen LogP contribution in [0.25, 0.3) is 0 Å². The number of aliphatic hydroxyl groups is 1. The van der Waals surface area contributed by atoms with E-state index in [9.17, 15) is 5.11 Å². The molecule has 3 fully saturated rings. The molecule has 3 aliphatic rings. The monoisotopic (exact) mass is 250 g/mol. The SMILES string of the molecule is CC1CCC(O)C([C@H]2C[C@@H]3CC[C@@]2(C)C3(C)C)C1. The van der Waals surface area contributed by atoms with Gasteiger partial charge in [-0.15, -0.1) is 0 Å². The Hall–Kier alpha value is -0.0400. The Labute approximate surface area is 112 Å². The van der Waals surface area contributed by atoms with Crippen LogP contribution in [0.4, 0.5) is 0 Å². The van der Waals surface area contributed by atoms with Crippen molar-refractivity contribution in [3.63, 3.8) is 0 Å². The summed E-state index contributed by atoms with van der Waals surface area (Å²) in [5.41, 5.74) is 0.985. The molecule has 6 atom stereocenters. The number of aliphatic hydroxyl groups excluding tert-OH is 1. The second-order valence-corrected chi connectivity index (χ2v) is 8.37. The molecule has 0 aromatic carbocycles. The Morgan fingerprint density at radius 1 is 1.00 bits per heavy atom. The van der Waals surface area contributed by atoms with E-state index in [1.807, 2.05) is 0 Å². The number of hydrogen-bond acceptors (Lipinski definition) is 1. The lowest BCUT2D eigenvalue weighted by Crippen LogP contribution is -2.42. The standard InChI is InChI=1S/C17H30O/c1-11-5-6-15(18)13(9-11)14-10-12-7-8-17(14,4)16(12,2)3/h11-15,18H,5-10H2,1-4H3/t11?,12-,13?,14+,15?,17+/m0/s1. The number of hydrogen-bond donors (Lipinski definition) is 1. The van der Waals surface area contributed by atoms with Gasteiger partial charge in [0, 0.05) is 0 Å². The Morgan fingerprint density at radius 2 is 1.72 bits per heavy atom. The van der Waals surface area contributed by atoms with Crippen molar-refractivity contribution in [1.82, 2.24) is 0 Å². The van der Waals surface area contributed by atoms with E-state index in [0.717, 1.165) is 24.2 Å². The van der Waals surface area contributed by atoms with Gasteiger partial charge in [0.15, 0.2) is 0 Å². The van der Waals surface area contributed by atoms with Crippen LogP contribution in [0.5, 0.6) is 0 Å². The Balaban J connectivity index is 1.86. The van der Waals surface area contributed by atoms with Crippen LogP contribution < -0.4 is 0 Å². The van der Waals surface area contributed by atoms with Crippen molar-refractivity contribution in [2.45, 2.75) is 72.3 Å². The highest BCUT2D eigenvalue weighted by atomic mass is 16.3. The lowest BCUT2D eigenvalue weighted by molar-refractivity contribution is -0.0321. The van der Waals surface area contributed by atoms with Crippen LogP contribution in [0.2, 0.25) is 0 Å². The predicted molar refractivity (Wildman–Crippen MR) is 75.2 cm³/mol. The predicted octanol–water partition coefficient (Wildman–Crippen LogP) is 4.25. The minimum Gasteiger partial charge on any atom is -0.393 e. The van der Waals surface area contributed by atoms with E-state index in [1.54, 1.807) is 0 Å². The number of fused-ring (bicyclic) bond motifs is 2. The molecule has 1 heteroatoms. The third-order valence-corrected chi connectivity index (χ3v) is 7.50. The molecule has 104 valence electrons. The van der Waals surface area contributed by atoms with E-state index in [0.29, 0.717) is 16.7 Å². The first-order valence-electron chi connectivity index (χ1n) is 8.04. The zero-order chi connectivity index (χ0) is 13.1. The molecule has 3 saturated carbocycles. The molecule has 0 aromatic heterocycles. The molecule has 1 nitrogen and oxygen atoms in total. The summed E-state index contributed by atoms with van der Waals surface area (Å²) in [6.07, 6.45) is 7.74. The molecule has 0 aromatic rings. The molecule has 3 rings (SSSR count). The van der Waals surface area contributed by atoms with Crippen LogP contribution in [0.3, 0.4) is 0 Å². The smallest absolute Gasteiger partial charge is 0.0571 e. The van der Waals surface area contributed by atoms with Crippen LogP contribution in [-0.2, 0) is 0 Å². The van der Waals surface area contributed by atoms with Gasteiger partial charge < -0.3 is 5.11 Å². The summed E-state index contributed by atoms with van der Waals surface area (Å²) in [6, 6.07) is 0. The maximum atomic E-state index is 10.5. The van der Waals surface area contributed by atoms with Gasteiger partial charge in [0.25, 0.3) is 0 Å². The van der Waals surface area contributed by atoms with Gasteiger partial charge in [0.1, 0.15) is 0 Å². The van der Waals surface area contributed by atoms with Crippen LogP contribution in [0, 0.1) is 34.5 Å². The summed E-state index contributed by atoms with van der Waals surface area (Å²) in [4.78, 5) is 0. The summed E-state index contributed by atoms with van der Waals surface area (Å²) in [7, 11) is 0. The molecular formula is C17H30O. The van der Waals surface area contributed by atoms with E-state index in [1.165, 1.54) is 32.1 Å². The minimum absolute atomic E-state index is 0.0156. The second kappa shape index (κ2) is 3.98. The van der Waals surface area contributed by atoms with Gasteiger partial charge in [0.05, 0.1) is 6.10 Å².